The van der Waals surface area contributed by atoms with Crippen LogP contribution in [-0.4, -0.2) is 59.7 Å². The molecule has 1 heterocycles. The van der Waals surface area contributed by atoms with Crippen molar-refractivity contribution in [1.82, 2.24) is 14.7 Å². The Balaban J connectivity index is 1.86. The van der Waals surface area contributed by atoms with Gasteiger partial charge < -0.3 is 9.80 Å². The monoisotopic (exact) mass is 351 g/mol. The van der Waals surface area contributed by atoms with Crippen molar-refractivity contribution >= 4 is 29.4 Å². The van der Waals surface area contributed by atoms with Gasteiger partial charge in [0.15, 0.2) is 0 Å². The third-order valence-corrected chi connectivity index (χ3v) is 4.54. The van der Waals surface area contributed by atoms with Crippen LogP contribution in [0.2, 0.25) is 5.02 Å². The first-order valence-corrected chi connectivity index (χ1v) is 8.25. The number of benzene rings is 1. The number of amides is 4. The summed E-state index contributed by atoms with van der Waals surface area (Å²) in [6.07, 6.45) is 0.735. The second kappa shape index (κ2) is 7.66. The predicted octanol–water partition coefficient (Wildman–Crippen LogP) is 2.53. The maximum atomic E-state index is 12.3. The van der Waals surface area contributed by atoms with Gasteiger partial charge in [0.05, 0.1) is 6.04 Å². The Bertz CT molecular complexity index is 650. The number of urea groups is 1. The minimum Gasteiger partial charge on any atom is -0.339 e. The summed E-state index contributed by atoms with van der Waals surface area (Å²) in [4.78, 5) is 40.0. The number of halogens is 1. The molecule has 1 aromatic rings. The average Bonchev–Trinajstić information content (AvgIpc) is 2.79. The molecule has 6 nitrogen and oxygen atoms in total. The fourth-order valence-corrected chi connectivity index (χ4v) is 2.86. The molecule has 0 spiro atoms. The number of carbonyl (C=O) groups is 3. The number of rotatable bonds is 6. The van der Waals surface area contributed by atoms with Crippen LogP contribution in [0.3, 0.4) is 0 Å². The van der Waals surface area contributed by atoms with E-state index in [1.54, 1.807) is 25.1 Å². The lowest BCUT2D eigenvalue weighted by Gasteiger charge is -2.26. The molecule has 0 aromatic heterocycles. The lowest BCUT2D eigenvalue weighted by atomic mass is 10.1. The highest BCUT2D eigenvalue weighted by Crippen LogP contribution is 2.22. The summed E-state index contributed by atoms with van der Waals surface area (Å²) >= 11 is 5.99. The zero-order valence-corrected chi connectivity index (χ0v) is 14.9. The minimum absolute atomic E-state index is 0.0325. The number of imide groups is 1. The molecule has 0 bridgehead atoms. The van der Waals surface area contributed by atoms with Gasteiger partial charge in [-0.3, -0.25) is 14.5 Å². The van der Waals surface area contributed by atoms with Crippen molar-refractivity contribution in [2.45, 2.75) is 25.8 Å². The highest BCUT2D eigenvalue weighted by Gasteiger charge is 2.33. The smallest absolute Gasteiger partial charge is 0.326 e. The molecule has 24 heavy (non-hydrogen) atoms. The lowest BCUT2D eigenvalue weighted by Crippen LogP contribution is -2.34. The topological polar surface area (TPSA) is 60.9 Å². The summed E-state index contributed by atoms with van der Waals surface area (Å²) < 4.78 is 0. The van der Waals surface area contributed by atoms with Gasteiger partial charge in [0, 0.05) is 32.1 Å². The van der Waals surface area contributed by atoms with E-state index in [1.165, 1.54) is 9.80 Å². The fourth-order valence-electron chi connectivity index (χ4n) is 2.66. The van der Waals surface area contributed by atoms with Crippen molar-refractivity contribution in [2.24, 2.45) is 0 Å². The molecule has 0 N–H and O–H groups in total. The summed E-state index contributed by atoms with van der Waals surface area (Å²) in [6, 6.07) is 7.02. The summed E-state index contributed by atoms with van der Waals surface area (Å²) in [6.45, 7) is 2.32. The third-order valence-electron chi connectivity index (χ3n) is 4.31. The van der Waals surface area contributed by atoms with Crippen LogP contribution in [0.15, 0.2) is 24.3 Å². The van der Waals surface area contributed by atoms with Gasteiger partial charge in [-0.05, 0) is 31.0 Å². The van der Waals surface area contributed by atoms with E-state index in [9.17, 15) is 14.4 Å². The van der Waals surface area contributed by atoms with Crippen LogP contribution in [0, 0.1) is 0 Å². The molecule has 0 radical (unpaired) electrons. The molecule has 1 aromatic carbocycles. The number of carbonyl (C=O) groups excluding carboxylic acids is 3. The number of hydrogen-bond donors (Lipinski definition) is 0. The minimum atomic E-state index is -0.298. The van der Waals surface area contributed by atoms with Crippen LogP contribution in [0.1, 0.15) is 31.4 Å². The highest BCUT2D eigenvalue weighted by atomic mass is 35.5. The molecule has 1 fully saturated rings. The molecule has 1 unspecified atom stereocenters. The predicted molar refractivity (Wildman–Crippen MR) is 91.6 cm³/mol. The van der Waals surface area contributed by atoms with Crippen LogP contribution < -0.4 is 0 Å². The quantitative estimate of drug-likeness (QED) is 0.740. The Morgan fingerprint density at radius 2 is 2.08 bits per heavy atom. The molecule has 1 aliphatic rings. The maximum Gasteiger partial charge on any atom is 0.326 e. The second-order valence-electron chi connectivity index (χ2n) is 6.02. The molecule has 0 saturated carbocycles. The summed E-state index contributed by atoms with van der Waals surface area (Å²) in [5.74, 6) is -0.245. The molecule has 1 saturated heterocycles. The summed E-state index contributed by atoms with van der Waals surface area (Å²) in [7, 11) is 3.33. The first-order valence-electron chi connectivity index (χ1n) is 7.88. The second-order valence-corrected chi connectivity index (χ2v) is 6.46. The van der Waals surface area contributed by atoms with Crippen LogP contribution in [-0.2, 0) is 9.59 Å². The van der Waals surface area contributed by atoms with E-state index in [-0.39, 0.29) is 43.4 Å². The van der Waals surface area contributed by atoms with Crippen molar-refractivity contribution in [2.75, 3.05) is 27.2 Å². The van der Waals surface area contributed by atoms with E-state index in [0.717, 1.165) is 5.56 Å². The Labute approximate surface area is 147 Å². The van der Waals surface area contributed by atoms with Crippen molar-refractivity contribution in [3.05, 3.63) is 34.9 Å². The first kappa shape index (κ1) is 18.3. The number of likely N-dealkylation sites (N-methyl/N-ethyl adjacent to an activating group) is 1. The molecular formula is C17H22ClN3O3. The average molecular weight is 352 g/mol. The third kappa shape index (κ3) is 4.06. The fraction of sp³-hybridized carbons (Fsp3) is 0.471. The van der Waals surface area contributed by atoms with Gasteiger partial charge in [-0.2, -0.15) is 0 Å². The van der Waals surface area contributed by atoms with Gasteiger partial charge in [0.25, 0.3) is 0 Å². The van der Waals surface area contributed by atoms with E-state index in [0.29, 0.717) is 11.4 Å². The van der Waals surface area contributed by atoms with Gasteiger partial charge in [-0.1, -0.05) is 23.7 Å². The number of nitrogens with zero attached hydrogens (tertiary/aromatic N) is 3. The van der Waals surface area contributed by atoms with Crippen molar-refractivity contribution < 1.29 is 14.4 Å². The molecule has 2 rings (SSSR count). The lowest BCUT2D eigenvalue weighted by molar-refractivity contribution is -0.132. The maximum absolute atomic E-state index is 12.3. The van der Waals surface area contributed by atoms with E-state index in [4.69, 9.17) is 11.6 Å². The number of hydrogen-bond acceptors (Lipinski definition) is 3. The van der Waals surface area contributed by atoms with Gasteiger partial charge in [-0.15, -0.1) is 0 Å². The van der Waals surface area contributed by atoms with E-state index < -0.39 is 0 Å². The first-order chi connectivity index (χ1) is 11.3. The molecular weight excluding hydrogens is 330 g/mol. The molecule has 130 valence electrons. The summed E-state index contributed by atoms with van der Waals surface area (Å²) in [5, 5.41) is 0.635. The molecule has 1 aliphatic heterocycles. The normalized spacial score (nSPS) is 15.8. The van der Waals surface area contributed by atoms with E-state index in [2.05, 4.69) is 0 Å². The molecule has 0 aliphatic carbocycles. The summed E-state index contributed by atoms with van der Waals surface area (Å²) in [5.41, 5.74) is 0.963. The SMILES string of the molecule is CC(c1cccc(Cl)c1)N(C)C(=O)CCCN1C(=O)CN(C)C1=O. The molecule has 1 atom stereocenters. The standard InChI is InChI=1S/C17H22ClN3O3/c1-12(13-6-4-7-14(18)10-13)20(3)15(22)8-5-9-21-16(23)11-19(2)17(21)24/h4,6-7,10,12H,5,8-9,11H2,1-3H3. The zero-order chi connectivity index (χ0) is 17.9. The van der Waals surface area contributed by atoms with Crippen molar-refractivity contribution in [1.29, 1.82) is 0 Å². The molecule has 4 amide bonds. The Hall–Kier alpha value is -2.08. The van der Waals surface area contributed by atoms with Crippen LogP contribution in [0.5, 0.6) is 0 Å². The van der Waals surface area contributed by atoms with Crippen molar-refractivity contribution in [3.63, 3.8) is 0 Å². The Morgan fingerprint density at radius 3 is 2.67 bits per heavy atom. The van der Waals surface area contributed by atoms with E-state index in [1.807, 2.05) is 25.1 Å². The Morgan fingerprint density at radius 1 is 1.38 bits per heavy atom. The van der Waals surface area contributed by atoms with Gasteiger partial charge >= 0.3 is 6.03 Å². The van der Waals surface area contributed by atoms with Gasteiger partial charge in [-0.25, -0.2) is 4.79 Å². The largest absolute Gasteiger partial charge is 0.339 e. The highest BCUT2D eigenvalue weighted by molar-refractivity contribution is 6.30. The van der Waals surface area contributed by atoms with Crippen LogP contribution in [0.25, 0.3) is 0 Å². The van der Waals surface area contributed by atoms with Crippen LogP contribution >= 0.6 is 11.6 Å². The van der Waals surface area contributed by atoms with Crippen molar-refractivity contribution in [3.8, 4) is 0 Å². The van der Waals surface area contributed by atoms with Gasteiger partial charge in [0.1, 0.15) is 6.54 Å². The van der Waals surface area contributed by atoms with E-state index >= 15 is 0 Å². The zero-order valence-electron chi connectivity index (χ0n) is 14.2. The Kier molecular flexibility index (Phi) is 5.83. The van der Waals surface area contributed by atoms with Gasteiger partial charge in [0.2, 0.25) is 11.8 Å². The van der Waals surface area contributed by atoms with Crippen LogP contribution in [0.4, 0.5) is 4.79 Å². The molecule has 7 heteroatoms.